The zero-order chi connectivity index (χ0) is 10.1. The van der Waals surface area contributed by atoms with E-state index in [1.165, 1.54) is 0 Å². The molecule has 0 heterocycles. The average molecular weight is 196 g/mol. The van der Waals surface area contributed by atoms with Gasteiger partial charge in [-0.05, 0) is 31.6 Å². The van der Waals surface area contributed by atoms with E-state index in [-0.39, 0.29) is 6.42 Å². The molecule has 4 heteroatoms. The summed E-state index contributed by atoms with van der Waals surface area (Å²) in [4.78, 5) is 0. The highest BCUT2D eigenvalue weighted by Gasteiger charge is 2.39. The van der Waals surface area contributed by atoms with Gasteiger partial charge >= 0.3 is 6.18 Å². The minimum absolute atomic E-state index is 0.138. The summed E-state index contributed by atoms with van der Waals surface area (Å²) in [5.41, 5.74) is -1.05. The van der Waals surface area contributed by atoms with E-state index >= 15 is 0 Å². The normalized spacial score (nSPS) is 35.3. The van der Waals surface area contributed by atoms with Crippen LogP contribution in [0.3, 0.4) is 0 Å². The Labute approximate surface area is 75.9 Å². The first-order valence-corrected chi connectivity index (χ1v) is 4.60. The molecule has 0 bridgehead atoms. The molecule has 1 saturated carbocycles. The van der Waals surface area contributed by atoms with Crippen molar-refractivity contribution in [2.24, 2.45) is 5.92 Å². The summed E-state index contributed by atoms with van der Waals surface area (Å²) in [6.07, 6.45) is -3.26. The van der Waals surface area contributed by atoms with Gasteiger partial charge in [-0.1, -0.05) is 6.92 Å². The third-order valence-electron chi connectivity index (χ3n) is 2.70. The van der Waals surface area contributed by atoms with E-state index in [1.54, 1.807) is 0 Å². The van der Waals surface area contributed by atoms with Gasteiger partial charge in [-0.15, -0.1) is 0 Å². The second-order valence-electron chi connectivity index (χ2n) is 4.19. The van der Waals surface area contributed by atoms with E-state index in [0.717, 1.165) is 6.42 Å². The SMILES string of the molecule is CC1CCC(O)(CCC(F)(F)F)C1. The van der Waals surface area contributed by atoms with E-state index < -0.39 is 18.2 Å². The van der Waals surface area contributed by atoms with Crippen molar-refractivity contribution in [1.82, 2.24) is 0 Å². The second-order valence-corrected chi connectivity index (χ2v) is 4.19. The first-order chi connectivity index (χ1) is 5.81. The molecule has 1 aliphatic rings. The molecule has 1 aliphatic carbocycles. The average Bonchev–Trinajstić information content (AvgIpc) is 2.27. The minimum atomic E-state index is -4.14. The monoisotopic (exact) mass is 196 g/mol. The molecule has 0 aliphatic heterocycles. The van der Waals surface area contributed by atoms with Crippen molar-refractivity contribution < 1.29 is 18.3 Å². The Balaban J connectivity index is 2.36. The molecule has 0 aromatic rings. The summed E-state index contributed by atoms with van der Waals surface area (Å²) >= 11 is 0. The minimum Gasteiger partial charge on any atom is -0.390 e. The molecule has 2 unspecified atom stereocenters. The Morgan fingerprint density at radius 1 is 1.46 bits per heavy atom. The standard InChI is InChI=1S/C9H15F3O/c1-7-2-3-8(13,6-7)4-5-9(10,11)12/h7,13H,2-6H2,1H3. The maximum Gasteiger partial charge on any atom is 0.389 e. The number of hydrogen-bond acceptors (Lipinski definition) is 1. The van der Waals surface area contributed by atoms with Crippen LogP contribution in [0, 0.1) is 5.92 Å². The van der Waals surface area contributed by atoms with Crippen LogP contribution in [0.25, 0.3) is 0 Å². The van der Waals surface area contributed by atoms with Crippen LogP contribution in [0.15, 0.2) is 0 Å². The Bertz CT molecular complexity index is 178. The van der Waals surface area contributed by atoms with Crippen LogP contribution in [-0.4, -0.2) is 16.9 Å². The zero-order valence-corrected chi connectivity index (χ0v) is 7.69. The predicted molar refractivity (Wildman–Crippen MR) is 43.3 cm³/mol. The number of halogens is 3. The van der Waals surface area contributed by atoms with Crippen LogP contribution in [0.5, 0.6) is 0 Å². The third kappa shape index (κ3) is 3.55. The number of alkyl halides is 3. The fourth-order valence-corrected chi connectivity index (χ4v) is 1.97. The fourth-order valence-electron chi connectivity index (χ4n) is 1.97. The van der Waals surface area contributed by atoms with Crippen LogP contribution in [0.4, 0.5) is 13.2 Å². The van der Waals surface area contributed by atoms with E-state index in [9.17, 15) is 18.3 Å². The van der Waals surface area contributed by atoms with Crippen molar-refractivity contribution in [1.29, 1.82) is 0 Å². The lowest BCUT2D eigenvalue weighted by Gasteiger charge is -2.22. The number of hydrogen-bond donors (Lipinski definition) is 1. The van der Waals surface area contributed by atoms with Crippen molar-refractivity contribution in [3.63, 3.8) is 0 Å². The van der Waals surface area contributed by atoms with E-state index in [1.807, 2.05) is 6.92 Å². The fraction of sp³-hybridized carbons (Fsp3) is 1.00. The summed E-state index contributed by atoms with van der Waals surface area (Å²) in [5.74, 6) is 0.359. The summed E-state index contributed by atoms with van der Waals surface area (Å²) in [7, 11) is 0. The molecule has 1 rings (SSSR count). The summed E-state index contributed by atoms with van der Waals surface area (Å²) in [5, 5.41) is 9.73. The molecule has 0 saturated heterocycles. The summed E-state index contributed by atoms with van der Waals surface area (Å²) in [6, 6.07) is 0. The summed E-state index contributed by atoms with van der Waals surface area (Å²) < 4.78 is 35.6. The van der Waals surface area contributed by atoms with Gasteiger partial charge < -0.3 is 5.11 Å². The molecule has 1 fully saturated rings. The molecule has 0 radical (unpaired) electrons. The first kappa shape index (κ1) is 10.8. The Kier molecular flexibility index (Phi) is 2.90. The van der Waals surface area contributed by atoms with Gasteiger partial charge in [0.15, 0.2) is 0 Å². The smallest absolute Gasteiger partial charge is 0.389 e. The quantitative estimate of drug-likeness (QED) is 0.720. The van der Waals surface area contributed by atoms with Crippen molar-refractivity contribution in [3.05, 3.63) is 0 Å². The van der Waals surface area contributed by atoms with E-state index in [4.69, 9.17) is 0 Å². The highest BCUT2D eigenvalue weighted by Crippen LogP contribution is 2.39. The van der Waals surface area contributed by atoms with Gasteiger partial charge in [0.2, 0.25) is 0 Å². The third-order valence-corrected chi connectivity index (χ3v) is 2.70. The lowest BCUT2D eigenvalue weighted by molar-refractivity contribution is -0.146. The van der Waals surface area contributed by atoms with Gasteiger partial charge in [-0.2, -0.15) is 13.2 Å². The molecule has 13 heavy (non-hydrogen) atoms. The van der Waals surface area contributed by atoms with Crippen LogP contribution in [0.2, 0.25) is 0 Å². The molecular formula is C9H15F3O. The van der Waals surface area contributed by atoms with Crippen molar-refractivity contribution >= 4 is 0 Å². The topological polar surface area (TPSA) is 20.2 Å². The maximum atomic E-state index is 11.9. The Morgan fingerprint density at radius 2 is 2.08 bits per heavy atom. The van der Waals surface area contributed by atoms with E-state index in [0.29, 0.717) is 18.8 Å². The number of rotatable bonds is 2. The van der Waals surface area contributed by atoms with Gasteiger partial charge in [-0.3, -0.25) is 0 Å². The van der Waals surface area contributed by atoms with Gasteiger partial charge in [0.25, 0.3) is 0 Å². The van der Waals surface area contributed by atoms with Crippen LogP contribution >= 0.6 is 0 Å². The first-order valence-electron chi connectivity index (χ1n) is 4.60. The van der Waals surface area contributed by atoms with Gasteiger partial charge in [-0.25, -0.2) is 0 Å². The molecular weight excluding hydrogens is 181 g/mol. The van der Waals surface area contributed by atoms with E-state index in [2.05, 4.69) is 0 Å². The van der Waals surface area contributed by atoms with Crippen LogP contribution in [0.1, 0.15) is 39.0 Å². The molecule has 0 amide bonds. The molecule has 0 aromatic heterocycles. The van der Waals surface area contributed by atoms with Crippen molar-refractivity contribution in [2.75, 3.05) is 0 Å². The molecule has 78 valence electrons. The van der Waals surface area contributed by atoms with Crippen molar-refractivity contribution in [2.45, 2.75) is 50.8 Å². The lowest BCUT2D eigenvalue weighted by Crippen LogP contribution is -2.27. The second kappa shape index (κ2) is 3.48. The maximum absolute atomic E-state index is 11.9. The highest BCUT2D eigenvalue weighted by atomic mass is 19.4. The van der Waals surface area contributed by atoms with Crippen LogP contribution in [-0.2, 0) is 0 Å². The van der Waals surface area contributed by atoms with Gasteiger partial charge in [0, 0.05) is 6.42 Å². The molecule has 0 spiro atoms. The van der Waals surface area contributed by atoms with Crippen LogP contribution < -0.4 is 0 Å². The molecule has 0 aromatic carbocycles. The van der Waals surface area contributed by atoms with Crippen molar-refractivity contribution in [3.8, 4) is 0 Å². The lowest BCUT2D eigenvalue weighted by atomic mass is 9.95. The van der Waals surface area contributed by atoms with Gasteiger partial charge in [0.05, 0.1) is 5.60 Å². The largest absolute Gasteiger partial charge is 0.390 e. The Hall–Kier alpha value is -0.250. The molecule has 1 N–H and O–H groups in total. The predicted octanol–water partition coefficient (Wildman–Crippen LogP) is 2.88. The number of aliphatic hydroxyl groups is 1. The zero-order valence-electron chi connectivity index (χ0n) is 7.69. The molecule has 2 atom stereocenters. The Morgan fingerprint density at radius 3 is 2.46 bits per heavy atom. The summed E-state index contributed by atoms with van der Waals surface area (Å²) in [6.45, 7) is 1.96. The highest BCUT2D eigenvalue weighted by molar-refractivity contribution is 4.87. The van der Waals surface area contributed by atoms with Gasteiger partial charge in [0.1, 0.15) is 0 Å². The molecule has 1 nitrogen and oxygen atoms in total.